The number of hydrogen-bond acceptors (Lipinski definition) is 7. The minimum Gasteiger partial charge on any atom is -0.744 e. The number of aryl methyl sites for hydroxylation is 1. The summed E-state index contributed by atoms with van der Waals surface area (Å²) in [6, 6.07) is 15.6. The van der Waals surface area contributed by atoms with Gasteiger partial charge in [-0.05, 0) is 58.9 Å². The molecule has 0 aliphatic carbocycles. The van der Waals surface area contributed by atoms with Crippen molar-refractivity contribution < 1.29 is 37.0 Å². The van der Waals surface area contributed by atoms with Crippen molar-refractivity contribution in [3.8, 4) is 5.75 Å². The highest BCUT2D eigenvalue weighted by Gasteiger charge is 2.23. The van der Waals surface area contributed by atoms with Crippen molar-refractivity contribution in [1.29, 1.82) is 0 Å². The fourth-order valence-corrected chi connectivity index (χ4v) is 3.54. The lowest BCUT2D eigenvalue weighted by Crippen LogP contribution is -2.72. The quantitative estimate of drug-likeness (QED) is 0.121. The Hall–Kier alpha value is -4.16. The van der Waals surface area contributed by atoms with Crippen molar-refractivity contribution in [2.75, 3.05) is 0 Å². The number of nitrogens with one attached hydrogen (secondary N) is 2. The topological polar surface area (TPSA) is 188 Å². The monoisotopic (exact) mass is 544 g/mol. The van der Waals surface area contributed by atoms with Crippen LogP contribution < -0.4 is 26.5 Å². The maximum atomic E-state index is 12.4. The first kappa shape index (κ1) is 30.1. The average Bonchev–Trinajstić information content (AvgIpc) is 2.79. The van der Waals surface area contributed by atoms with E-state index in [1.807, 2.05) is 31.2 Å². The molecule has 0 bridgehead atoms. The molecule has 0 aliphatic rings. The second-order valence-corrected chi connectivity index (χ2v) is 10.7. The van der Waals surface area contributed by atoms with Crippen molar-refractivity contribution in [1.82, 2.24) is 5.32 Å². The van der Waals surface area contributed by atoms with E-state index < -0.39 is 33.8 Å². The van der Waals surface area contributed by atoms with E-state index in [9.17, 15) is 22.6 Å². The summed E-state index contributed by atoms with van der Waals surface area (Å²) < 4.78 is 41.8. The number of esters is 1. The smallest absolute Gasteiger partial charge is 0.408 e. The standard InChI is InChI=1S/C19H24N4O4.C7H8O3S/c1-11(22-18(25)27-19(2,3)4)16(24)26-15-10-9-14(23-17(20)21)12-7-5-6-8-13(12)15;1-6-2-4-7(5-3-6)11(8,9)10/h5-11H,1-4H3,(H,22,25)(H4,20,21,23);2-5H,1H3,(H,8,9,10)/t11-;/m1./s1. The first-order valence-corrected chi connectivity index (χ1v) is 12.9. The van der Waals surface area contributed by atoms with E-state index in [4.69, 9.17) is 20.9 Å². The number of nitrogens with two attached hydrogens (primary N) is 2. The highest BCUT2D eigenvalue weighted by Crippen LogP contribution is 2.29. The Morgan fingerprint density at radius 2 is 1.55 bits per heavy atom. The Bertz CT molecular complexity index is 1430. The van der Waals surface area contributed by atoms with Gasteiger partial charge < -0.3 is 19.3 Å². The Labute approximate surface area is 221 Å². The van der Waals surface area contributed by atoms with Gasteiger partial charge in [-0.25, -0.2) is 23.0 Å². The van der Waals surface area contributed by atoms with Crippen molar-refractivity contribution in [2.45, 2.75) is 51.2 Å². The van der Waals surface area contributed by atoms with Crippen LogP contribution in [0.4, 0.5) is 10.5 Å². The summed E-state index contributed by atoms with van der Waals surface area (Å²) in [7, 11) is -4.27. The number of guanidine groups is 1. The summed E-state index contributed by atoms with van der Waals surface area (Å²) in [6.07, 6.45) is -0.690. The van der Waals surface area contributed by atoms with Gasteiger partial charge in [0.15, 0.2) is 0 Å². The number of benzene rings is 3. The number of hydrogen-bond donors (Lipinski definition) is 4. The molecule has 3 aromatic rings. The van der Waals surface area contributed by atoms with Crippen molar-refractivity contribution in [3.63, 3.8) is 0 Å². The van der Waals surface area contributed by atoms with Crippen LogP contribution in [0.5, 0.6) is 5.75 Å². The van der Waals surface area contributed by atoms with Crippen LogP contribution in [0.15, 0.2) is 65.6 Å². The van der Waals surface area contributed by atoms with Gasteiger partial charge in [-0.3, -0.25) is 11.5 Å². The largest absolute Gasteiger partial charge is 0.744 e. The molecule has 1 amide bonds. The molecule has 0 aromatic heterocycles. The fraction of sp³-hybridized carbons (Fsp3) is 0.269. The third-order valence-electron chi connectivity index (χ3n) is 4.77. The molecule has 3 aromatic carbocycles. The lowest BCUT2D eigenvalue weighted by Gasteiger charge is -2.21. The summed E-state index contributed by atoms with van der Waals surface area (Å²) in [5.74, 6) is -0.203. The molecule has 0 heterocycles. The predicted octanol–water partition coefficient (Wildman–Crippen LogP) is 1.54. The molecule has 0 spiro atoms. The third kappa shape index (κ3) is 9.37. The van der Waals surface area contributed by atoms with Gasteiger partial charge >= 0.3 is 18.0 Å². The minimum atomic E-state index is -4.27. The van der Waals surface area contributed by atoms with E-state index in [1.54, 1.807) is 45.0 Å². The summed E-state index contributed by atoms with van der Waals surface area (Å²) in [5, 5.41) is 3.93. The Balaban J connectivity index is 0.000000384. The molecule has 0 saturated carbocycles. The van der Waals surface area contributed by atoms with Crippen LogP contribution in [-0.2, 0) is 19.6 Å². The van der Waals surface area contributed by atoms with E-state index in [-0.39, 0.29) is 10.9 Å². The molecule has 0 radical (unpaired) electrons. The fourth-order valence-electron chi connectivity index (χ4n) is 3.07. The average molecular weight is 545 g/mol. The molecule has 0 fully saturated rings. The minimum absolute atomic E-state index is 0.0556. The van der Waals surface area contributed by atoms with Crippen molar-refractivity contribution in [2.24, 2.45) is 11.5 Å². The predicted molar refractivity (Wildman–Crippen MR) is 142 cm³/mol. The second kappa shape index (κ2) is 12.4. The van der Waals surface area contributed by atoms with Gasteiger partial charge in [-0.15, -0.1) is 0 Å². The van der Waals surface area contributed by atoms with Gasteiger partial charge in [0.25, 0.3) is 0 Å². The maximum absolute atomic E-state index is 12.4. The highest BCUT2D eigenvalue weighted by atomic mass is 32.2. The third-order valence-corrected chi connectivity index (χ3v) is 5.62. The second-order valence-electron chi connectivity index (χ2n) is 9.29. The molecule has 0 aliphatic heterocycles. The molecule has 11 nitrogen and oxygen atoms in total. The van der Waals surface area contributed by atoms with E-state index in [0.717, 1.165) is 10.9 Å². The molecule has 0 saturated heterocycles. The lowest BCUT2D eigenvalue weighted by atomic mass is 10.1. The summed E-state index contributed by atoms with van der Waals surface area (Å²) in [6.45, 7) is 8.56. The summed E-state index contributed by atoms with van der Waals surface area (Å²) in [4.78, 5) is 26.9. The van der Waals surface area contributed by atoms with E-state index in [2.05, 4.69) is 10.3 Å². The van der Waals surface area contributed by atoms with Gasteiger partial charge in [0.05, 0.1) is 4.90 Å². The number of ether oxygens (including phenoxy) is 2. The molecule has 1 atom stereocenters. The van der Waals surface area contributed by atoms with Gasteiger partial charge in [0.2, 0.25) is 0 Å². The highest BCUT2D eigenvalue weighted by molar-refractivity contribution is 7.85. The maximum Gasteiger partial charge on any atom is 0.408 e. The van der Waals surface area contributed by atoms with E-state index in [0.29, 0.717) is 16.8 Å². The molecular weight excluding hydrogens is 512 g/mol. The lowest BCUT2D eigenvalue weighted by molar-refractivity contribution is -0.354. The van der Waals surface area contributed by atoms with E-state index in [1.165, 1.54) is 19.1 Å². The molecule has 12 heteroatoms. The van der Waals surface area contributed by atoms with Crippen LogP contribution in [0.3, 0.4) is 0 Å². The summed E-state index contributed by atoms with van der Waals surface area (Å²) >= 11 is 0. The van der Waals surface area contributed by atoms with Crippen LogP contribution in [0.2, 0.25) is 0 Å². The van der Waals surface area contributed by atoms with Gasteiger partial charge in [0.1, 0.15) is 33.2 Å². The zero-order valence-electron chi connectivity index (χ0n) is 21.8. The molecule has 3 rings (SSSR count). The van der Waals surface area contributed by atoms with Crippen LogP contribution in [-0.4, -0.2) is 42.6 Å². The number of amides is 1. The van der Waals surface area contributed by atoms with Crippen LogP contribution in [0.1, 0.15) is 33.3 Å². The summed E-state index contributed by atoms with van der Waals surface area (Å²) in [5.41, 5.74) is 12.0. The molecule has 204 valence electrons. The Morgan fingerprint density at radius 3 is 2.08 bits per heavy atom. The van der Waals surface area contributed by atoms with Crippen LogP contribution in [0.25, 0.3) is 10.8 Å². The molecule has 0 unspecified atom stereocenters. The van der Waals surface area contributed by atoms with Gasteiger partial charge in [-0.2, -0.15) is 0 Å². The molecule has 6 N–H and O–H groups in total. The number of rotatable bonds is 5. The number of carbonyl (C=O) groups is 2. The zero-order valence-corrected chi connectivity index (χ0v) is 22.6. The normalized spacial score (nSPS) is 11.9. The van der Waals surface area contributed by atoms with E-state index >= 15 is 0 Å². The molecule has 38 heavy (non-hydrogen) atoms. The Morgan fingerprint density at radius 1 is 0.974 bits per heavy atom. The first-order chi connectivity index (χ1) is 17.6. The van der Waals surface area contributed by atoms with Crippen molar-refractivity contribution in [3.05, 3.63) is 66.2 Å². The number of carbonyl (C=O) groups excluding carboxylic acids is 2. The number of alkyl carbamates (subject to hydrolysis) is 1. The zero-order chi connectivity index (χ0) is 28.7. The molecular formula is C26H32N4O7S. The first-order valence-electron chi connectivity index (χ1n) is 11.5. The van der Waals surface area contributed by atoms with Gasteiger partial charge in [0, 0.05) is 10.8 Å². The van der Waals surface area contributed by atoms with Crippen LogP contribution in [0, 0.1) is 6.92 Å². The Kier molecular flexibility index (Phi) is 9.80. The van der Waals surface area contributed by atoms with Crippen LogP contribution >= 0.6 is 0 Å². The number of fused-ring (bicyclic) bond motifs is 1. The van der Waals surface area contributed by atoms with Gasteiger partial charge in [-0.1, -0.05) is 42.0 Å². The SMILES string of the molecule is C[C@@H](NC(=O)OC(C)(C)C)C(=O)Oc1ccc([NH+]=C(N)N)c2ccccc12.Cc1ccc(S(=O)(=O)[O-])cc1. The van der Waals surface area contributed by atoms with Crippen molar-refractivity contribution >= 4 is 44.6 Å².